The summed E-state index contributed by atoms with van der Waals surface area (Å²) in [5.41, 5.74) is 2.67. The summed E-state index contributed by atoms with van der Waals surface area (Å²) in [5, 5.41) is 1.98. The molecule has 1 heteroatoms. The van der Waals surface area contributed by atoms with Gasteiger partial charge in [-0.25, -0.2) is 0 Å². The van der Waals surface area contributed by atoms with Crippen LogP contribution in [-0.4, -0.2) is 0 Å². The Bertz CT molecular complexity index is 2210. The molecule has 33 heavy (non-hydrogen) atoms. The van der Waals surface area contributed by atoms with E-state index in [0.29, 0.717) is 27.7 Å². The van der Waals surface area contributed by atoms with Gasteiger partial charge in [0, 0.05) is 10.8 Å². The quantitative estimate of drug-likeness (QED) is 0.250. The van der Waals surface area contributed by atoms with Gasteiger partial charge in [-0.3, -0.25) is 0 Å². The molecule has 1 nitrogen and oxygen atoms in total. The number of rotatable bonds is 2. The van der Waals surface area contributed by atoms with Crippen LogP contribution < -0.4 is 0 Å². The lowest BCUT2D eigenvalue weighted by Gasteiger charge is -2.18. The van der Waals surface area contributed by atoms with Crippen molar-refractivity contribution < 1.29 is 16.8 Å². The maximum Gasteiger partial charge on any atom is 0.136 e. The second-order valence-electron chi connectivity index (χ2n) is 7.82. The Kier molecular flexibility index (Phi) is 2.46. The zero-order valence-corrected chi connectivity index (χ0v) is 17.3. The van der Waals surface area contributed by atoms with E-state index in [1.54, 1.807) is 30.3 Å². The van der Waals surface area contributed by atoms with Gasteiger partial charge in [-0.1, -0.05) is 109 Å². The van der Waals surface area contributed by atoms with Gasteiger partial charge in [-0.15, -0.1) is 0 Å². The van der Waals surface area contributed by atoms with Crippen LogP contribution in [0.15, 0.2) is 126 Å². The Morgan fingerprint density at radius 1 is 0.485 bits per heavy atom. The normalized spacial score (nSPS) is 15.5. The maximum absolute atomic E-state index is 9.10. The molecule has 0 N–H and O–H groups in total. The van der Waals surface area contributed by atoms with Crippen LogP contribution >= 0.6 is 0 Å². The smallest absolute Gasteiger partial charge is 0.136 e. The molecule has 6 aromatic carbocycles. The Morgan fingerprint density at radius 2 is 1.09 bits per heavy atom. The Morgan fingerprint density at radius 3 is 1.79 bits per heavy atom. The summed E-state index contributed by atoms with van der Waals surface area (Å²) in [6, 6.07) is 16.2. The molecule has 0 unspecified atom stereocenters. The van der Waals surface area contributed by atoms with Crippen molar-refractivity contribution in [3.8, 4) is 22.3 Å². The lowest BCUT2D eigenvalue weighted by Crippen LogP contribution is -1.91. The zero-order valence-electron chi connectivity index (χ0n) is 26.3. The zero-order chi connectivity index (χ0) is 29.6. The first-order valence-electron chi connectivity index (χ1n) is 15.1. The Hall–Kier alpha value is -4.36. The predicted octanol–water partition coefficient (Wildman–Crippen LogP) is 9.23. The molecular formula is C32H20O. The fourth-order valence-electron chi connectivity index (χ4n) is 4.72. The van der Waals surface area contributed by atoms with Crippen molar-refractivity contribution in [3.05, 3.63) is 121 Å². The van der Waals surface area contributed by atoms with E-state index in [0.717, 1.165) is 5.39 Å². The molecule has 7 rings (SSSR count). The Balaban J connectivity index is 1.87. The van der Waals surface area contributed by atoms with E-state index in [1.165, 1.54) is 12.1 Å². The molecule has 0 bridgehead atoms. The SMILES string of the molecule is [2H]c1ccc(-c2c3c([2H])c([2H])c([2H])c([2H])c3c(-c3cccc4oc5ccccc5c34)c3c([2H])c([2H])c([2H])c([2H])c23)cc1. The van der Waals surface area contributed by atoms with Gasteiger partial charge >= 0.3 is 0 Å². The summed E-state index contributed by atoms with van der Waals surface area (Å²) in [7, 11) is 0. The van der Waals surface area contributed by atoms with Crippen molar-refractivity contribution >= 4 is 43.5 Å². The second-order valence-corrected chi connectivity index (χ2v) is 7.82. The minimum absolute atomic E-state index is 0.135. The monoisotopic (exact) mass is 429 g/mol. The highest BCUT2D eigenvalue weighted by molar-refractivity contribution is 6.25. The molecule has 0 fully saturated rings. The molecule has 0 aliphatic carbocycles. The molecular weight excluding hydrogens is 400 g/mol. The third-order valence-corrected chi connectivity index (χ3v) is 6.05. The van der Waals surface area contributed by atoms with Crippen LogP contribution in [0.25, 0.3) is 65.7 Å². The summed E-state index contributed by atoms with van der Waals surface area (Å²) in [6.07, 6.45) is 0. The highest BCUT2D eigenvalue weighted by atomic mass is 16.3. The van der Waals surface area contributed by atoms with Crippen molar-refractivity contribution in [3.63, 3.8) is 0 Å². The molecule has 0 atom stereocenters. The van der Waals surface area contributed by atoms with Crippen LogP contribution in [0.1, 0.15) is 12.3 Å². The van der Waals surface area contributed by atoms with Gasteiger partial charge in [-0.05, 0) is 55.9 Å². The lowest BCUT2D eigenvalue weighted by molar-refractivity contribution is 0.669. The standard InChI is InChI=1S/C32H20O/c1-2-11-21(12-3-1)30-22-13-4-6-15-24(22)31(25-16-7-5-14-23(25)30)27-18-10-20-29-32(27)26-17-8-9-19-28(26)33-29/h1-20H/i1D,4D,5D,6D,7D,13D,14D,15D,16D. The number of hydrogen-bond donors (Lipinski definition) is 0. The lowest BCUT2D eigenvalue weighted by atomic mass is 9.85. The van der Waals surface area contributed by atoms with Crippen molar-refractivity contribution in [1.29, 1.82) is 0 Å². The largest absolute Gasteiger partial charge is 0.456 e. The third-order valence-electron chi connectivity index (χ3n) is 6.05. The first-order chi connectivity index (χ1) is 20.1. The van der Waals surface area contributed by atoms with E-state index < -0.39 is 24.2 Å². The van der Waals surface area contributed by atoms with Crippen LogP contribution in [0.3, 0.4) is 0 Å². The molecule has 0 radical (unpaired) electrons. The van der Waals surface area contributed by atoms with E-state index in [2.05, 4.69) is 0 Å². The molecule has 0 spiro atoms. The summed E-state index contributed by atoms with van der Waals surface area (Å²) in [6.45, 7) is 0. The molecule has 154 valence electrons. The van der Waals surface area contributed by atoms with Crippen molar-refractivity contribution in [2.24, 2.45) is 0 Å². The van der Waals surface area contributed by atoms with Gasteiger partial charge in [-0.2, -0.15) is 0 Å². The van der Waals surface area contributed by atoms with Crippen molar-refractivity contribution in [2.75, 3.05) is 0 Å². The highest BCUT2D eigenvalue weighted by Crippen LogP contribution is 2.46. The van der Waals surface area contributed by atoms with Crippen LogP contribution in [0, 0.1) is 0 Å². The van der Waals surface area contributed by atoms with Crippen molar-refractivity contribution in [1.82, 2.24) is 0 Å². The average molecular weight is 430 g/mol. The highest BCUT2D eigenvalue weighted by Gasteiger charge is 2.19. The van der Waals surface area contributed by atoms with Crippen LogP contribution in [0.5, 0.6) is 0 Å². The second kappa shape index (κ2) is 7.08. The fraction of sp³-hybridized carbons (Fsp3) is 0. The van der Waals surface area contributed by atoms with Gasteiger partial charge in [0.1, 0.15) is 11.2 Å². The topological polar surface area (TPSA) is 13.1 Å². The molecule has 0 amide bonds. The molecule has 1 heterocycles. The van der Waals surface area contributed by atoms with Crippen molar-refractivity contribution in [2.45, 2.75) is 0 Å². The number of fused-ring (bicyclic) bond motifs is 5. The van der Waals surface area contributed by atoms with Gasteiger partial charge < -0.3 is 4.42 Å². The average Bonchev–Trinajstić information content (AvgIpc) is 3.39. The summed E-state index contributed by atoms with van der Waals surface area (Å²) >= 11 is 0. The minimum Gasteiger partial charge on any atom is -0.456 e. The van der Waals surface area contributed by atoms with Crippen LogP contribution in [-0.2, 0) is 0 Å². The first-order valence-corrected chi connectivity index (χ1v) is 10.6. The summed E-state index contributed by atoms with van der Waals surface area (Å²) in [5.74, 6) is 0. The number of para-hydroxylation sites is 1. The van der Waals surface area contributed by atoms with E-state index in [4.69, 9.17) is 16.8 Å². The fourth-order valence-corrected chi connectivity index (χ4v) is 4.72. The molecule has 0 saturated heterocycles. The first kappa shape index (κ1) is 11.5. The molecule has 7 aromatic rings. The number of furan rings is 1. The molecule has 0 aliphatic heterocycles. The van der Waals surface area contributed by atoms with Gasteiger partial charge in [0.05, 0.1) is 12.3 Å². The minimum atomic E-state index is -0.455. The number of benzene rings is 6. The van der Waals surface area contributed by atoms with Crippen LogP contribution in [0.2, 0.25) is 0 Å². The van der Waals surface area contributed by atoms with E-state index >= 15 is 0 Å². The Labute approximate surface area is 204 Å². The summed E-state index contributed by atoms with van der Waals surface area (Å²) in [4.78, 5) is 0. The predicted molar refractivity (Wildman–Crippen MR) is 140 cm³/mol. The van der Waals surface area contributed by atoms with E-state index in [-0.39, 0.29) is 62.9 Å². The molecule has 0 aliphatic rings. The summed E-state index contributed by atoms with van der Waals surface area (Å²) < 4.78 is 84.6. The van der Waals surface area contributed by atoms with E-state index in [9.17, 15) is 0 Å². The van der Waals surface area contributed by atoms with Gasteiger partial charge in [0.2, 0.25) is 0 Å². The van der Waals surface area contributed by atoms with Gasteiger partial charge in [0.25, 0.3) is 0 Å². The maximum atomic E-state index is 9.10. The third kappa shape index (κ3) is 2.66. The van der Waals surface area contributed by atoms with E-state index in [1.807, 2.05) is 24.3 Å². The van der Waals surface area contributed by atoms with Gasteiger partial charge in [0.15, 0.2) is 0 Å². The number of hydrogen-bond acceptors (Lipinski definition) is 1. The van der Waals surface area contributed by atoms with Crippen LogP contribution in [0.4, 0.5) is 0 Å². The molecule has 1 aromatic heterocycles. The molecule has 0 saturated carbocycles.